The van der Waals surface area contributed by atoms with E-state index in [1.54, 1.807) is 0 Å². The smallest absolute Gasteiger partial charge is 0.255 e. The Labute approximate surface area is 121 Å². The van der Waals surface area contributed by atoms with Crippen LogP contribution >= 0.6 is 11.3 Å². The molecule has 6 heteroatoms. The van der Waals surface area contributed by atoms with Crippen LogP contribution in [0, 0.1) is 5.41 Å². The summed E-state index contributed by atoms with van der Waals surface area (Å²) in [6, 6.07) is 0. The molecule has 3 rings (SSSR count). The maximum Gasteiger partial charge on any atom is 0.255 e. The summed E-state index contributed by atoms with van der Waals surface area (Å²) in [4.78, 5) is 29.2. The van der Waals surface area contributed by atoms with Crippen molar-refractivity contribution in [1.29, 1.82) is 0 Å². The Morgan fingerprint density at radius 2 is 2.25 bits per heavy atom. The van der Waals surface area contributed by atoms with Crippen molar-refractivity contribution >= 4 is 28.2 Å². The van der Waals surface area contributed by atoms with Gasteiger partial charge in [0, 0.05) is 13.0 Å². The Morgan fingerprint density at radius 1 is 1.45 bits per heavy atom. The number of carbonyl (C=O) groups excluding carboxylic acids is 2. The molecule has 108 valence electrons. The summed E-state index contributed by atoms with van der Waals surface area (Å²) in [5, 5.41) is 3.30. The van der Waals surface area contributed by atoms with E-state index >= 15 is 0 Å². The van der Waals surface area contributed by atoms with Gasteiger partial charge in [-0.05, 0) is 24.7 Å². The lowest BCUT2D eigenvalue weighted by Gasteiger charge is -2.26. The summed E-state index contributed by atoms with van der Waals surface area (Å²) < 4.78 is 5.34. The van der Waals surface area contributed by atoms with Crippen LogP contribution in [0.15, 0.2) is 0 Å². The number of aromatic nitrogens is 1. The molecule has 2 heterocycles. The number of nitrogens with one attached hydrogen (secondary N) is 1. The first-order valence-corrected chi connectivity index (χ1v) is 7.72. The van der Waals surface area contributed by atoms with Crippen molar-refractivity contribution in [3.8, 4) is 0 Å². The standard InChI is InChI=1S/C14H18N2O3S/c1-14(2)6-8-11(9(17)7-14)20-13(15-8)16-12(18)10-4-3-5-19-10/h10H,3-7H2,1-2H3,(H,15,16,18)/t10-/m0/s1. The van der Waals surface area contributed by atoms with E-state index in [9.17, 15) is 9.59 Å². The van der Waals surface area contributed by atoms with Crippen LogP contribution in [-0.4, -0.2) is 29.4 Å². The summed E-state index contributed by atoms with van der Waals surface area (Å²) in [6.45, 7) is 4.77. The number of anilines is 1. The van der Waals surface area contributed by atoms with Crippen molar-refractivity contribution in [2.24, 2.45) is 5.41 Å². The minimum atomic E-state index is -0.372. The molecule has 0 saturated carbocycles. The zero-order chi connectivity index (χ0) is 14.3. The van der Waals surface area contributed by atoms with E-state index < -0.39 is 0 Å². The first-order valence-electron chi connectivity index (χ1n) is 6.90. The van der Waals surface area contributed by atoms with E-state index in [0.717, 1.165) is 25.0 Å². The second-order valence-electron chi connectivity index (χ2n) is 6.23. The van der Waals surface area contributed by atoms with Crippen molar-refractivity contribution in [3.63, 3.8) is 0 Å². The lowest BCUT2D eigenvalue weighted by Crippen LogP contribution is -2.27. The molecule has 5 nitrogen and oxygen atoms in total. The monoisotopic (exact) mass is 294 g/mol. The van der Waals surface area contributed by atoms with Crippen LogP contribution in [-0.2, 0) is 16.0 Å². The van der Waals surface area contributed by atoms with E-state index in [4.69, 9.17) is 4.74 Å². The highest BCUT2D eigenvalue weighted by atomic mass is 32.1. The highest BCUT2D eigenvalue weighted by molar-refractivity contribution is 7.17. The maximum atomic E-state index is 12.1. The van der Waals surface area contributed by atoms with Crippen LogP contribution in [0.1, 0.15) is 48.5 Å². The summed E-state index contributed by atoms with van der Waals surface area (Å²) in [5.41, 5.74) is 0.771. The van der Waals surface area contributed by atoms with E-state index in [0.29, 0.717) is 23.0 Å². The molecular weight excluding hydrogens is 276 g/mol. The molecule has 1 aromatic rings. The number of ether oxygens (including phenoxy) is 1. The summed E-state index contributed by atoms with van der Waals surface area (Å²) in [6.07, 6.45) is 2.62. The third kappa shape index (κ3) is 2.62. The topological polar surface area (TPSA) is 68.3 Å². The molecule has 2 aliphatic rings. The van der Waals surface area contributed by atoms with Crippen LogP contribution in [0.3, 0.4) is 0 Å². The van der Waals surface area contributed by atoms with Gasteiger partial charge in [-0.25, -0.2) is 4.98 Å². The van der Waals surface area contributed by atoms with Gasteiger partial charge >= 0.3 is 0 Å². The molecule has 0 unspecified atom stereocenters. The van der Waals surface area contributed by atoms with Crippen LogP contribution in [0.5, 0.6) is 0 Å². The van der Waals surface area contributed by atoms with Gasteiger partial charge in [-0.1, -0.05) is 25.2 Å². The largest absolute Gasteiger partial charge is 0.368 e. The molecular formula is C14H18N2O3S. The number of thiazole rings is 1. The van der Waals surface area contributed by atoms with Crippen molar-refractivity contribution in [2.75, 3.05) is 11.9 Å². The minimum absolute atomic E-state index is 0.0476. The Bertz CT molecular complexity index is 559. The van der Waals surface area contributed by atoms with E-state index in [1.165, 1.54) is 11.3 Å². The lowest BCUT2D eigenvalue weighted by molar-refractivity contribution is -0.124. The number of nitrogens with zero attached hydrogens (tertiary/aromatic N) is 1. The molecule has 1 fully saturated rings. The minimum Gasteiger partial charge on any atom is -0.368 e. The molecule has 1 aliphatic carbocycles. The molecule has 1 aliphatic heterocycles. The molecule has 1 aromatic heterocycles. The van der Waals surface area contributed by atoms with Crippen molar-refractivity contribution in [2.45, 2.75) is 45.6 Å². The fraction of sp³-hybridized carbons (Fsp3) is 0.643. The molecule has 1 atom stereocenters. The normalized spacial score (nSPS) is 24.5. The van der Waals surface area contributed by atoms with Crippen molar-refractivity contribution < 1.29 is 14.3 Å². The molecule has 0 bridgehead atoms. The number of hydrogen-bond acceptors (Lipinski definition) is 5. The number of rotatable bonds is 2. The summed E-state index contributed by atoms with van der Waals surface area (Å²) in [7, 11) is 0. The first kappa shape index (κ1) is 13.7. The zero-order valence-electron chi connectivity index (χ0n) is 11.7. The van der Waals surface area contributed by atoms with E-state index in [2.05, 4.69) is 24.1 Å². The van der Waals surface area contributed by atoms with Crippen LogP contribution in [0.25, 0.3) is 0 Å². The fourth-order valence-corrected chi connectivity index (χ4v) is 3.67. The Balaban J connectivity index is 1.76. The zero-order valence-corrected chi connectivity index (χ0v) is 12.5. The molecule has 1 amide bonds. The van der Waals surface area contributed by atoms with Gasteiger partial charge in [0.2, 0.25) is 0 Å². The predicted octanol–water partition coefficient (Wildman–Crippen LogP) is 2.42. The quantitative estimate of drug-likeness (QED) is 0.909. The second kappa shape index (κ2) is 4.93. The number of carbonyl (C=O) groups is 2. The Hall–Kier alpha value is -1.27. The average Bonchev–Trinajstić information content (AvgIpc) is 2.95. The number of fused-ring (bicyclic) bond motifs is 1. The van der Waals surface area contributed by atoms with E-state index in [1.807, 2.05) is 0 Å². The van der Waals surface area contributed by atoms with Crippen LogP contribution in [0.2, 0.25) is 0 Å². The van der Waals surface area contributed by atoms with Gasteiger partial charge in [-0.3, -0.25) is 14.9 Å². The fourth-order valence-electron chi connectivity index (χ4n) is 2.74. The molecule has 0 aromatic carbocycles. The average molecular weight is 294 g/mol. The van der Waals surface area contributed by atoms with Gasteiger partial charge < -0.3 is 4.74 Å². The van der Waals surface area contributed by atoms with Crippen LogP contribution in [0.4, 0.5) is 5.13 Å². The van der Waals surface area contributed by atoms with Gasteiger partial charge in [0.1, 0.15) is 6.10 Å². The van der Waals surface area contributed by atoms with Gasteiger partial charge in [0.15, 0.2) is 10.9 Å². The molecule has 1 N–H and O–H groups in total. The third-order valence-electron chi connectivity index (χ3n) is 3.69. The van der Waals surface area contributed by atoms with Gasteiger partial charge in [-0.2, -0.15) is 0 Å². The first-order chi connectivity index (χ1) is 9.44. The Kier molecular flexibility index (Phi) is 3.38. The Morgan fingerprint density at radius 3 is 2.95 bits per heavy atom. The van der Waals surface area contributed by atoms with E-state index in [-0.39, 0.29) is 23.2 Å². The highest BCUT2D eigenvalue weighted by Crippen LogP contribution is 2.38. The number of ketones is 1. The third-order valence-corrected chi connectivity index (χ3v) is 4.74. The molecule has 20 heavy (non-hydrogen) atoms. The summed E-state index contributed by atoms with van der Waals surface area (Å²) in [5.74, 6) is -0.0216. The number of hydrogen-bond donors (Lipinski definition) is 1. The maximum absolute atomic E-state index is 12.1. The van der Waals surface area contributed by atoms with Gasteiger partial charge in [0.05, 0.1) is 10.6 Å². The van der Waals surface area contributed by atoms with Crippen molar-refractivity contribution in [1.82, 2.24) is 4.98 Å². The molecule has 0 spiro atoms. The molecule has 1 saturated heterocycles. The van der Waals surface area contributed by atoms with Gasteiger partial charge in [0.25, 0.3) is 5.91 Å². The second-order valence-corrected chi connectivity index (χ2v) is 7.23. The lowest BCUT2D eigenvalue weighted by atomic mass is 9.78. The SMILES string of the molecule is CC1(C)CC(=O)c2sc(NC(=O)[C@@H]3CCCO3)nc2C1. The number of Topliss-reactive ketones (excluding diaryl/α,β-unsaturated/α-hetero) is 1. The summed E-state index contributed by atoms with van der Waals surface area (Å²) >= 11 is 1.28. The highest BCUT2D eigenvalue weighted by Gasteiger charge is 2.34. The van der Waals surface area contributed by atoms with Crippen LogP contribution < -0.4 is 5.32 Å². The van der Waals surface area contributed by atoms with Crippen molar-refractivity contribution in [3.05, 3.63) is 10.6 Å². The predicted molar refractivity (Wildman–Crippen MR) is 76.2 cm³/mol. The van der Waals surface area contributed by atoms with Gasteiger partial charge in [-0.15, -0.1) is 0 Å². The number of amides is 1. The molecule has 0 radical (unpaired) electrons.